The molecule has 1 fully saturated rings. The van der Waals surface area contributed by atoms with E-state index in [1.54, 1.807) is 12.4 Å². The molecule has 0 aliphatic carbocycles. The number of rotatable bonds is 5. The number of pyridine rings is 1. The van der Waals surface area contributed by atoms with Crippen molar-refractivity contribution in [1.82, 2.24) is 19.9 Å². The Labute approximate surface area is 189 Å². The van der Waals surface area contributed by atoms with Crippen molar-refractivity contribution < 1.29 is 9.53 Å². The zero-order valence-corrected chi connectivity index (χ0v) is 19.1. The van der Waals surface area contributed by atoms with Crippen LogP contribution in [0.25, 0.3) is 0 Å². The van der Waals surface area contributed by atoms with Gasteiger partial charge >= 0.3 is 0 Å². The van der Waals surface area contributed by atoms with Gasteiger partial charge in [0.1, 0.15) is 24.0 Å². The van der Waals surface area contributed by atoms with Crippen LogP contribution in [0, 0.1) is 27.7 Å². The zero-order chi connectivity index (χ0) is 22.7. The van der Waals surface area contributed by atoms with Crippen LogP contribution in [0.3, 0.4) is 0 Å². The van der Waals surface area contributed by atoms with Crippen LogP contribution in [-0.4, -0.2) is 51.9 Å². The van der Waals surface area contributed by atoms with Crippen molar-refractivity contribution >= 4 is 11.7 Å². The molecule has 166 valence electrons. The monoisotopic (exact) mass is 431 g/mol. The number of carbonyl (C=O) groups is 1. The number of amides is 1. The summed E-state index contributed by atoms with van der Waals surface area (Å²) in [6.07, 6.45) is 3.54. The number of carbonyl (C=O) groups excluding carboxylic acids is 1. The molecule has 1 aliphatic heterocycles. The second-order valence-corrected chi connectivity index (χ2v) is 8.28. The van der Waals surface area contributed by atoms with Crippen LogP contribution in [0.1, 0.15) is 38.6 Å². The van der Waals surface area contributed by atoms with Gasteiger partial charge in [0.25, 0.3) is 5.91 Å². The van der Waals surface area contributed by atoms with Crippen LogP contribution in [0.4, 0.5) is 5.82 Å². The smallest absolute Gasteiger partial charge is 0.253 e. The van der Waals surface area contributed by atoms with Crippen molar-refractivity contribution in [1.29, 1.82) is 0 Å². The summed E-state index contributed by atoms with van der Waals surface area (Å²) in [7, 11) is 0. The van der Waals surface area contributed by atoms with Gasteiger partial charge < -0.3 is 14.5 Å². The average Bonchev–Trinajstić information content (AvgIpc) is 2.78. The number of ether oxygens (including phenoxy) is 1. The average molecular weight is 432 g/mol. The van der Waals surface area contributed by atoms with Crippen molar-refractivity contribution in [2.24, 2.45) is 0 Å². The number of benzene rings is 1. The highest BCUT2D eigenvalue weighted by molar-refractivity contribution is 5.95. The van der Waals surface area contributed by atoms with Gasteiger partial charge in [-0.1, -0.05) is 6.07 Å². The van der Waals surface area contributed by atoms with E-state index in [0.29, 0.717) is 25.3 Å². The fourth-order valence-corrected chi connectivity index (χ4v) is 4.12. The van der Waals surface area contributed by atoms with Crippen molar-refractivity contribution in [2.75, 3.05) is 31.1 Å². The first-order valence-electron chi connectivity index (χ1n) is 10.9. The molecule has 0 unspecified atom stereocenters. The Kier molecular flexibility index (Phi) is 6.35. The van der Waals surface area contributed by atoms with Gasteiger partial charge in [-0.25, -0.2) is 9.97 Å². The highest BCUT2D eigenvalue weighted by Crippen LogP contribution is 2.27. The van der Waals surface area contributed by atoms with Crippen LogP contribution in [-0.2, 0) is 6.61 Å². The minimum atomic E-state index is 0.0599. The normalized spacial score (nSPS) is 13.9. The molecule has 7 heteroatoms. The standard InChI is InChI=1S/C25H29N5O2/c1-17-12-22(13-18(2)24(17)32-16-21-6-5-7-26-15-21)25(31)30-10-8-29(9-11-30)23-14-19(3)27-20(4)28-23/h5-7,12-15H,8-11,16H2,1-4H3. The largest absolute Gasteiger partial charge is 0.488 e. The zero-order valence-electron chi connectivity index (χ0n) is 19.1. The van der Waals surface area contributed by atoms with Gasteiger partial charge in [0.15, 0.2) is 0 Å². The van der Waals surface area contributed by atoms with Gasteiger partial charge in [-0.15, -0.1) is 0 Å². The molecule has 0 N–H and O–H groups in total. The highest BCUT2D eigenvalue weighted by atomic mass is 16.5. The van der Waals surface area contributed by atoms with Crippen molar-refractivity contribution in [2.45, 2.75) is 34.3 Å². The molecule has 1 aliphatic rings. The third-order valence-corrected chi connectivity index (χ3v) is 5.66. The minimum Gasteiger partial charge on any atom is -0.488 e. The van der Waals surface area contributed by atoms with Crippen LogP contribution in [0.5, 0.6) is 5.75 Å². The predicted molar refractivity (Wildman–Crippen MR) is 124 cm³/mol. The lowest BCUT2D eigenvalue weighted by molar-refractivity contribution is 0.0746. The van der Waals surface area contributed by atoms with Gasteiger partial charge in [-0.2, -0.15) is 0 Å². The molecule has 1 saturated heterocycles. The van der Waals surface area contributed by atoms with E-state index in [0.717, 1.165) is 52.9 Å². The number of nitrogens with zero attached hydrogens (tertiary/aromatic N) is 5. The Morgan fingerprint density at radius 3 is 2.34 bits per heavy atom. The van der Waals surface area contributed by atoms with Gasteiger partial charge in [0.2, 0.25) is 0 Å². The van der Waals surface area contributed by atoms with Crippen molar-refractivity contribution in [3.8, 4) is 5.75 Å². The SMILES string of the molecule is Cc1cc(N2CCN(C(=O)c3cc(C)c(OCc4cccnc4)c(C)c3)CC2)nc(C)n1. The predicted octanol–water partition coefficient (Wildman–Crippen LogP) is 3.65. The second-order valence-electron chi connectivity index (χ2n) is 8.28. The molecule has 0 atom stereocenters. The van der Waals surface area contributed by atoms with E-state index in [1.165, 1.54) is 0 Å². The Morgan fingerprint density at radius 1 is 1.00 bits per heavy atom. The number of piperazine rings is 1. The lowest BCUT2D eigenvalue weighted by Gasteiger charge is -2.35. The van der Waals surface area contributed by atoms with Gasteiger partial charge in [-0.3, -0.25) is 9.78 Å². The molecule has 0 radical (unpaired) electrons. The molecule has 1 amide bonds. The summed E-state index contributed by atoms with van der Waals surface area (Å²) in [4.78, 5) is 30.3. The molecule has 3 aromatic rings. The molecule has 7 nitrogen and oxygen atoms in total. The van der Waals surface area contributed by atoms with E-state index in [-0.39, 0.29) is 5.91 Å². The molecule has 0 spiro atoms. The van der Waals surface area contributed by atoms with E-state index < -0.39 is 0 Å². The molecule has 0 bridgehead atoms. The number of hydrogen-bond donors (Lipinski definition) is 0. The van der Waals surface area contributed by atoms with E-state index in [1.807, 2.05) is 62.9 Å². The van der Waals surface area contributed by atoms with Crippen LogP contribution in [0.2, 0.25) is 0 Å². The summed E-state index contributed by atoms with van der Waals surface area (Å²) < 4.78 is 6.03. The maximum absolute atomic E-state index is 13.2. The van der Waals surface area contributed by atoms with Gasteiger partial charge in [0.05, 0.1) is 0 Å². The van der Waals surface area contributed by atoms with Crippen molar-refractivity contribution in [3.63, 3.8) is 0 Å². The van der Waals surface area contributed by atoms with Crippen LogP contribution < -0.4 is 9.64 Å². The first-order chi connectivity index (χ1) is 15.4. The summed E-state index contributed by atoms with van der Waals surface area (Å²) in [6, 6.07) is 9.74. The summed E-state index contributed by atoms with van der Waals surface area (Å²) in [5, 5.41) is 0. The Hall–Kier alpha value is -3.48. The van der Waals surface area contributed by atoms with E-state index >= 15 is 0 Å². The second kappa shape index (κ2) is 9.34. The maximum atomic E-state index is 13.2. The fraction of sp³-hybridized carbons (Fsp3) is 0.360. The Morgan fingerprint density at radius 2 is 1.72 bits per heavy atom. The fourth-order valence-electron chi connectivity index (χ4n) is 4.12. The molecule has 1 aromatic carbocycles. The quantitative estimate of drug-likeness (QED) is 0.614. The van der Waals surface area contributed by atoms with E-state index in [2.05, 4.69) is 19.9 Å². The van der Waals surface area contributed by atoms with E-state index in [4.69, 9.17) is 4.74 Å². The van der Waals surface area contributed by atoms with E-state index in [9.17, 15) is 4.79 Å². The summed E-state index contributed by atoms with van der Waals surface area (Å²) in [5.41, 5.74) is 4.60. The molecular formula is C25H29N5O2. The van der Waals surface area contributed by atoms with Gasteiger partial charge in [-0.05, 0) is 57.0 Å². The number of anilines is 1. The lowest BCUT2D eigenvalue weighted by Crippen LogP contribution is -2.49. The minimum absolute atomic E-state index is 0.0599. The number of aromatic nitrogens is 3. The highest BCUT2D eigenvalue weighted by Gasteiger charge is 2.24. The molecular weight excluding hydrogens is 402 g/mol. The first-order valence-corrected chi connectivity index (χ1v) is 10.9. The number of hydrogen-bond acceptors (Lipinski definition) is 6. The summed E-state index contributed by atoms with van der Waals surface area (Å²) in [6.45, 7) is 11.2. The van der Waals surface area contributed by atoms with Crippen LogP contribution >= 0.6 is 0 Å². The summed E-state index contributed by atoms with van der Waals surface area (Å²) in [5.74, 6) is 2.59. The topological polar surface area (TPSA) is 71.5 Å². The molecule has 3 heterocycles. The third kappa shape index (κ3) is 4.88. The van der Waals surface area contributed by atoms with Gasteiger partial charge in [0, 0.05) is 61.5 Å². The lowest BCUT2D eigenvalue weighted by atomic mass is 10.0. The molecule has 2 aromatic heterocycles. The summed E-state index contributed by atoms with van der Waals surface area (Å²) >= 11 is 0. The third-order valence-electron chi connectivity index (χ3n) is 5.66. The Bertz CT molecular complexity index is 1070. The molecule has 4 rings (SSSR count). The Balaban J connectivity index is 1.41. The maximum Gasteiger partial charge on any atom is 0.253 e. The van der Waals surface area contributed by atoms with Crippen molar-refractivity contribution in [3.05, 3.63) is 76.5 Å². The first kappa shape index (κ1) is 21.7. The number of aryl methyl sites for hydroxylation is 4. The molecule has 32 heavy (non-hydrogen) atoms. The molecule has 0 saturated carbocycles. The van der Waals surface area contributed by atoms with Crippen LogP contribution in [0.15, 0.2) is 42.7 Å².